The number of likely N-dealkylation sites (tertiary alicyclic amines) is 1. The lowest BCUT2D eigenvalue weighted by Gasteiger charge is -2.33. The van der Waals surface area contributed by atoms with Gasteiger partial charge >= 0.3 is 6.09 Å². The SMILES string of the molecule is CC(C)(C)OC(=O)N1CCC(CNS(=O)(=O)c2ccc(C#N)cc2)CC1. The number of nitrogens with one attached hydrogen (secondary N) is 1. The number of nitrogens with zero attached hydrogens (tertiary/aromatic N) is 2. The number of carbonyl (C=O) groups excluding carboxylic acids is 1. The number of rotatable bonds is 4. The molecule has 2 rings (SSSR count). The van der Waals surface area contributed by atoms with E-state index < -0.39 is 15.6 Å². The summed E-state index contributed by atoms with van der Waals surface area (Å²) in [6.45, 7) is 6.92. The smallest absolute Gasteiger partial charge is 0.410 e. The van der Waals surface area contributed by atoms with Crippen LogP contribution in [0.4, 0.5) is 4.79 Å². The Hall–Kier alpha value is -2.11. The molecule has 0 aliphatic carbocycles. The van der Waals surface area contributed by atoms with Gasteiger partial charge < -0.3 is 9.64 Å². The van der Waals surface area contributed by atoms with Crippen molar-refractivity contribution in [3.05, 3.63) is 29.8 Å². The predicted molar refractivity (Wildman–Crippen MR) is 96.9 cm³/mol. The Balaban J connectivity index is 1.84. The van der Waals surface area contributed by atoms with Gasteiger partial charge in [-0.1, -0.05) is 0 Å². The summed E-state index contributed by atoms with van der Waals surface area (Å²) in [6, 6.07) is 7.76. The van der Waals surface area contributed by atoms with E-state index in [9.17, 15) is 13.2 Å². The van der Waals surface area contributed by atoms with Crippen LogP contribution in [-0.4, -0.2) is 44.6 Å². The van der Waals surface area contributed by atoms with Crippen LogP contribution in [0.1, 0.15) is 39.2 Å². The molecule has 1 aliphatic heterocycles. The van der Waals surface area contributed by atoms with E-state index in [1.807, 2.05) is 26.8 Å². The summed E-state index contributed by atoms with van der Waals surface area (Å²) in [5, 5.41) is 8.78. The van der Waals surface area contributed by atoms with E-state index in [2.05, 4.69) is 4.72 Å². The molecule has 0 atom stereocenters. The first-order valence-electron chi connectivity index (χ1n) is 8.58. The molecule has 1 aromatic rings. The lowest BCUT2D eigenvalue weighted by molar-refractivity contribution is 0.0185. The fraction of sp³-hybridized carbons (Fsp3) is 0.556. The van der Waals surface area contributed by atoms with Crippen LogP contribution in [0.3, 0.4) is 0 Å². The molecule has 26 heavy (non-hydrogen) atoms. The average molecular weight is 379 g/mol. The molecule has 1 amide bonds. The Morgan fingerprint density at radius 1 is 1.27 bits per heavy atom. The van der Waals surface area contributed by atoms with Crippen LogP contribution in [0, 0.1) is 17.2 Å². The largest absolute Gasteiger partial charge is 0.444 e. The number of sulfonamides is 1. The third kappa shape index (κ3) is 5.71. The molecule has 1 N–H and O–H groups in total. The lowest BCUT2D eigenvalue weighted by Crippen LogP contribution is -2.43. The van der Waals surface area contributed by atoms with E-state index in [4.69, 9.17) is 10.00 Å². The Morgan fingerprint density at radius 3 is 2.35 bits per heavy atom. The predicted octanol–water partition coefficient (Wildman–Crippen LogP) is 2.48. The topological polar surface area (TPSA) is 99.5 Å². The van der Waals surface area contributed by atoms with Crippen LogP contribution >= 0.6 is 0 Å². The zero-order valence-electron chi connectivity index (χ0n) is 15.4. The van der Waals surface area contributed by atoms with Gasteiger partial charge in [-0.2, -0.15) is 5.26 Å². The molecule has 1 fully saturated rings. The summed E-state index contributed by atoms with van der Waals surface area (Å²) in [4.78, 5) is 13.8. The van der Waals surface area contributed by atoms with E-state index in [0.717, 1.165) is 12.8 Å². The second-order valence-electron chi connectivity index (χ2n) is 7.40. The number of piperidine rings is 1. The van der Waals surface area contributed by atoms with Crippen molar-refractivity contribution in [2.45, 2.75) is 44.1 Å². The molecule has 0 saturated carbocycles. The number of nitriles is 1. The van der Waals surface area contributed by atoms with Crippen LogP contribution in [0.25, 0.3) is 0 Å². The van der Waals surface area contributed by atoms with E-state index in [0.29, 0.717) is 25.2 Å². The van der Waals surface area contributed by atoms with Crippen LogP contribution in [0.5, 0.6) is 0 Å². The minimum absolute atomic E-state index is 0.141. The van der Waals surface area contributed by atoms with Gasteiger partial charge in [0.1, 0.15) is 5.60 Å². The van der Waals surface area contributed by atoms with Gasteiger partial charge in [0.05, 0.1) is 16.5 Å². The summed E-state index contributed by atoms with van der Waals surface area (Å²) >= 11 is 0. The minimum Gasteiger partial charge on any atom is -0.444 e. The normalized spacial score (nSPS) is 16.2. The molecule has 1 aliphatic rings. The van der Waals surface area contributed by atoms with Gasteiger partial charge in [-0.25, -0.2) is 17.9 Å². The van der Waals surface area contributed by atoms with Crippen LogP contribution in [-0.2, 0) is 14.8 Å². The molecule has 1 heterocycles. The van der Waals surface area contributed by atoms with Crippen molar-refractivity contribution in [1.82, 2.24) is 9.62 Å². The standard InChI is InChI=1S/C18H25N3O4S/c1-18(2,3)25-17(22)21-10-8-15(9-11-21)13-20-26(23,24)16-6-4-14(12-19)5-7-16/h4-7,15,20H,8-11,13H2,1-3H3. The molecule has 7 nitrogen and oxygen atoms in total. The highest BCUT2D eigenvalue weighted by Crippen LogP contribution is 2.20. The van der Waals surface area contributed by atoms with Crippen molar-refractivity contribution in [2.24, 2.45) is 5.92 Å². The molecular weight excluding hydrogens is 354 g/mol. The maximum Gasteiger partial charge on any atom is 0.410 e. The van der Waals surface area contributed by atoms with Crippen LogP contribution in [0.15, 0.2) is 29.2 Å². The second-order valence-corrected chi connectivity index (χ2v) is 9.17. The molecule has 0 aromatic heterocycles. The van der Waals surface area contributed by atoms with Gasteiger partial charge in [0, 0.05) is 19.6 Å². The monoisotopic (exact) mass is 379 g/mol. The summed E-state index contributed by atoms with van der Waals surface area (Å²) in [6.07, 6.45) is 1.11. The number of carbonyl (C=O) groups is 1. The quantitative estimate of drug-likeness (QED) is 0.866. The highest BCUT2D eigenvalue weighted by atomic mass is 32.2. The second kappa shape index (κ2) is 8.06. The number of hydrogen-bond donors (Lipinski definition) is 1. The molecule has 0 radical (unpaired) electrons. The molecule has 142 valence electrons. The first-order chi connectivity index (χ1) is 12.1. The lowest BCUT2D eigenvalue weighted by atomic mass is 9.97. The number of ether oxygens (including phenoxy) is 1. The maximum atomic E-state index is 12.3. The third-order valence-electron chi connectivity index (χ3n) is 4.12. The zero-order chi connectivity index (χ0) is 19.4. The van der Waals surface area contributed by atoms with Gasteiger partial charge in [0.15, 0.2) is 0 Å². The van der Waals surface area contributed by atoms with E-state index in [-0.39, 0.29) is 16.9 Å². The highest BCUT2D eigenvalue weighted by Gasteiger charge is 2.27. The van der Waals surface area contributed by atoms with Crippen LogP contribution in [0.2, 0.25) is 0 Å². The molecule has 0 unspecified atom stereocenters. The molecule has 1 aromatic carbocycles. The average Bonchev–Trinajstić information content (AvgIpc) is 2.59. The number of hydrogen-bond acceptors (Lipinski definition) is 5. The fourth-order valence-corrected chi connectivity index (χ4v) is 3.78. The van der Waals surface area contributed by atoms with Crippen molar-refractivity contribution in [3.63, 3.8) is 0 Å². The first-order valence-corrected chi connectivity index (χ1v) is 10.1. The Morgan fingerprint density at radius 2 is 1.85 bits per heavy atom. The van der Waals surface area contributed by atoms with Crippen molar-refractivity contribution in [3.8, 4) is 6.07 Å². The minimum atomic E-state index is -3.60. The Bertz CT molecular complexity index is 768. The molecule has 0 bridgehead atoms. The van der Waals surface area contributed by atoms with Crippen molar-refractivity contribution in [1.29, 1.82) is 5.26 Å². The first kappa shape index (κ1) is 20.2. The Labute approximate surface area is 155 Å². The van der Waals surface area contributed by atoms with Crippen molar-refractivity contribution < 1.29 is 17.9 Å². The molecule has 8 heteroatoms. The fourth-order valence-electron chi connectivity index (χ4n) is 2.67. The van der Waals surface area contributed by atoms with E-state index in [1.165, 1.54) is 24.3 Å². The molecule has 1 saturated heterocycles. The summed E-state index contributed by atoms with van der Waals surface area (Å²) in [7, 11) is -3.60. The van der Waals surface area contributed by atoms with Gasteiger partial charge in [0.25, 0.3) is 0 Å². The highest BCUT2D eigenvalue weighted by molar-refractivity contribution is 7.89. The summed E-state index contributed by atoms with van der Waals surface area (Å²) in [5.74, 6) is 0.168. The zero-order valence-corrected chi connectivity index (χ0v) is 16.2. The maximum absolute atomic E-state index is 12.3. The van der Waals surface area contributed by atoms with Gasteiger partial charge in [-0.05, 0) is 63.8 Å². The van der Waals surface area contributed by atoms with Crippen molar-refractivity contribution >= 4 is 16.1 Å². The Kier molecular flexibility index (Phi) is 6.26. The van der Waals surface area contributed by atoms with Crippen LogP contribution < -0.4 is 4.72 Å². The van der Waals surface area contributed by atoms with E-state index in [1.54, 1.807) is 4.90 Å². The van der Waals surface area contributed by atoms with Gasteiger partial charge in [-0.3, -0.25) is 0 Å². The molecule has 0 spiro atoms. The van der Waals surface area contributed by atoms with Crippen molar-refractivity contribution in [2.75, 3.05) is 19.6 Å². The van der Waals surface area contributed by atoms with Gasteiger partial charge in [0.2, 0.25) is 10.0 Å². The third-order valence-corrected chi connectivity index (χ3v) is 5.56. The van der Waals surface area contributed by atoms with E-state index >= 15 is 0 Å². The summed E-state index contributed by atoms with van der Waals surface area (Å²) < 4.78 is 32.6. The van der Waals surface area contributed by atoms with Gasteiger partial charge in [-0.15, -0.1) is 0 Å². The number of amides is 1. The number of benzene rings is 1. The summed E-state index contributed by atoms with van der Waals surface area (Å²) in [5.41, 5.74) is -0.108. The molecular formula is C18H25N3O4S.